The van der Waals surface area contributed by atoms with Gasteiger partial charge in [-0.2, -0.15) is 0 Å². The van der Waals surface area contributed by atoms with Crippen molar-refractivity contribution >= 4 is 21.8 Å². The van der Waals surface area contributed by atoms with Gasteiger partial charge in [-0.1, -0.05) is 41.1 Å². The van der Waals surface area contributed by atoms with Crippen LogP contribution in [0.5, 0.6) is 0 Å². The lowest BCUT2D eigenvalue weighted by Gasteiger charge is -2.27. The molecule has 0 fully saturated rings. The van der Waals surface area contributed by atoms with Gasteiger partial charge in [-0.25, -0.2) is 0 Å². The van der Waals surface area contributed by atoms with Gasteiger partial charge in [-0.3, -0.25) is 4.79 Å². The molecule has 2 N–H and O–H groups in total. The molecule has 0 aromatic heterocycles. The SMILES string of the molecule is CCNC(C)(C)C(=O)NC(C)c1ccccc1Br. The summed E-state index contributed by atoms with van der Waals surface area (Å²) >= 11 is 3.50. The van der Waals surface area contributed by atoms with Crippen LogP contribution in [0.2, 0.25) is 0 Å². The van der Waals surface area contributed by atoms with E-state index in [0.29, 0.717) is 0 Å². The first-order chi connectivity index (χ1) is 8.38. The van der Waals surface area contributed by atoms with E-state index in [-0.39, 0.29) is 11.9 Å². The highest BCUT2D eigenvalue weighted by Crippen LogP contribution is 2.23. The minimum atomic E-state index is -0.551. The Balaban J connectivity index is 2.74. The monoisotopic (exact) mass is 312 g/mol. The molecule has 0 heterocycles. The number of rotatable bonds is 5. The molecule has 0 spiro atoms. The van der Waals surface area contributed by atoms with Crippen LogP contribution in [0.1, 0.15) is 39.3 Å². The van der Waals surface area contributed by atoms with Crippen LogP contribution in [-0.4, -0.2) is 18.0 Å². The van der Waals surface area contributed by atoms with Crippen molar-refractivity contribution in [1.29, 1.82) is 0 Å². The smallest absolute Gasteiger partial charge is 0.240 e. The standard InChI is InChI=1S/C14H21BrN2O/c1-5-16-14(3,4)13(18)17-10(2)11-8-6-7-9-12(11)15/h6-10,16H,5H2,1-4H3,(H,17,18). The van der Waals surface area contributed by atoms with Gasteiger partial charge in [0.05, 0.1) is 11.6 Å². The minimum absolute atomic E-state index is 0.00704. The van der Waals surface area contributed by atoms with E-state index in [1.807, 2.05) is 52.0 Å². The fraction of sp³-hybridized carbons (Fsp3) is 0.500. The summed E-state index contributed by atoms with van der Waals surface area (Å²) in [7, 11) is 0. The lowest BCUT2D eigenvalue weighted by atomic mass is 10.0. The van der Waals surface area contributed by atoms with Crippen LogP contribution in [0.25, 0.3) is 0 Å². The van der Waals surface area contributed by atoms with Gasteiger partial charge < -0.3 is 10.6 Å². The summed E-state index contributed by atoms with van der Waals surface area (Å²) < 4.78 is 1.01. The molecule has 1 aromatic carbocycles. The van der Waals surface area contributed by atoms with Gasteiger partial charge in [0.25, 0.3) is 0 Å². The molecule has 3 nitrogen and oxygen atoms in total. The summed E-state index contributed by atoms with van der Waals surface area (Å²) in [6, 6.07) is 7.90. The van der Waals surface area contributed by atoms with E-state index in [1.54, 1.807) is 0 Å². The number of carbonyl (C=O) groups excluding carboxylic acids is 1. The molecular formula is C14H21BrN2O. The highest BCUT2D eigenvalue weighted by molar-refractivity contribution is 9.10. The van der Waals surface area contributed by atoms with Crippen molar-refractivity contribution in [3.8, 4) is 0 Å². The number of carbonyl (C=O) groups is 1. The van der Waals surface area contributed by atoms with Crippen LogP contribution in [0.4, 0.5) is 0 Å². The van der Waals surface area contributed by atoms with Crippen LogP contribution in [-0.2, 0) is 4.79 Å². The largest absolute Gasteiger partial charge is 0.348 e. The second-order valence-corrected chi connectivity index (χ2v) is 5.73. The molecule has 1 amide bonds. The molecule has 100 valence electrons. The Labute approximate surface area is 117 Å². The molecule has 0 aliphatic rings. The zero-order valence-electron chi connectivity index (χ0n) is 11.4. The maximum atomic E-state index is 12.2. The third-order valence-corrected chi connectivity index (χ3v) is 3.63. The Morgan fingerprint density at radius 1 is 1.39 bits per heavy atom. The van der Waals surface area contributed by atoms with Crippen LogP contribution in [0.15, 0.2) is 28.7 Å². The van der Waals surface area contributed by atoms with Gasteiger partial charge in [0, 0.05) is 4.47 Å². The number of likely N-dealkylation sites (N-methyl/N-ethyl adjacent to an activating group) is 1. The summed E-state index contributed by atoms with van der Waals surface area (Å²) in [6.45, 7) is 8.52. The van der Waals surface area contributed by atoms with Gasteiger partial charge in [0.15, 0.2) is 0 Å². The topological polar surface area (TPSA) is 41.1 Å². The third kappa shape index (κ3) is 3.82. The number of hydrogen-bond acceptors (Lipinski definition) is 2. The molecule has 1 atom stereocenters. The molecule has 0 aliphatic heterocycles. The van der Waals surface area contributed by atoms with Crippen LogP contribution in [0.3, 0.4) is 0 Å². The minimum Gasteiger partial charge on any atom is -0.348 e. The van der Waals surface area contributed by atoms with Gasteiger partial charge in [0.1, 0.15) is 0 Å². The quantitative estimate of drug-likeness (QED) is 0.877. The van der Waals surface area contributed by atoms with E-state index in [1.165, 1.54) is 0 Å². The van der Waals surface area contributed by atoms with E-state index >= 15 is 0 Å². The molecule has 1 unspecified atom stereocenters. The van der Waals surface area contributed by atoms with Gasteiger partial charge in [-0.15, -0.1) is 0 Å². The van der Waals surface area contributed by atoms with Crippen LogP contribution in [0, 0.1) is 0 Å². The van der Waals surface area contributed by atoms with E-state index in [2.05, 4.69) is 26.6 Å². The van der Waals surface area contributed by atoms with Crippen LogP contribution < -0.4 is 10.6 Å². The van der Waals surface area contributed by atoms with E-state index in [4.69, 9.17) is 0 Å². The predicted molar refractivity (Wildman–Crippen MR) is 78.5 cm³/mol. The number of amides is 1. The summed E-state index contributed by atoms with van der Waals surface area (Å²) in [5.74, 6) is 0.00704. The van der Waals surface area contributed by atoms with E-state index in [0.717, 1.165) is 16.6 Å². The summed E-state index contributed by atoms with van der Waals surface area (Å²) in [5.41, 5.74) is 0.530. The van der Waals surface area contributed by atoms with E-state index in [9.17, 15) is 4.79 Å². The van der Waals surface area contributed by atoms with E-state index < -0.39 is 5.54 Å². The highest BCUT2D eigenvalue weighted by Gasteiger charge is 2.27. The first kappa shape index (κ1) is 15.2. The summed E-state index contributed by atoms with van der Waals surface area (Å²) in [5, 5.41) is 6.20. The first-order valence-electron chi connectivity index (χ1n) is 6.19. The molecule has 0 bridgehead atoms. The van der Waals surface area contributed by atoms with Gasteiger partial charge >= 0.3 is 0 Å². The Kier molecular flexibility index (Phi) is 5.35. The van der Waals surface area contributed by atoms with Crippen molar-refractivity contribution in [2.75, 3.05) is 6.54 Å². The molecule has 18 heavy (non-hydrogen) atoms. The van der Waals surface area contributed by atoms with Gasteiger partial charge in [-0.05, 0) is 38.9 Å². The number of nitrogens with one attached hydrogen (secondary N) is 2. The Hall–Kier alpha value is -0.870. The fourth-order valence-electron chi connectivity index (χ4n) is 1.80. The number of benzene rings is 1. The van der Waals surface area contributed by atoms with Crippen molar-refractivity contribution in [1.82, 2.24) is 10.6 Å². The molecular weight excluding hydrogens is 292 g/mol. The normalized spacial score (nSPS) is 13.2. The molecule has 0 saturated carbocycles. The maximum absolute atomic E-state index is 12.2. The molecule has 1 aromatic rings. The average molecular weight is 313 g/mol. The maximum Gasteiger partial charge on any atom is 0.240 e. The average Bonchev–Trinajstić information content (AvgIpc) is 2.29. The number of halogens is 1. The molecule has 4 heteroatoms. The third-order valence-electron chi connectivity index (χ3n) is 2.91. The first-order valence-corrected chi connectivity index (χ1v) is 6.98. The Morgan fingerprint density at radius 3 is 2.56 bits per heavy atom. The Bertz CT molecular complexity index is 418. The van der Waals surface area contributed by atoms with Gasteiger partial charge in [0.2, 0.25) is 5.91 Å². The zero-order chi connectivity index (χ0) is 13.8. The molecule has 0 aliphatic carbocycles. The van der Waals surface area contributed by atoms with Crippen molar-refractivity contribution < 1.29 is 4.79 Å². The van der Waals surface area contributed by atoms with Crippen molar-refractivity contribution in [2.24, 2.45) is 0 Å². The molecule has 0 radical (unpaired) electrons. The number of hydrogen-bond donors (Lipinski definition) is 2. The Morgan fingerprint density at radius 2 is 2.00 bits per heavy atom. The molecule has 1 rings (SSSR count). The van der Waals surface area contributed by atoms with Crippen molar-refractivity contribution in [3.63, 3.8) is 0 Å². The fourth-order valence-corrected chi connectivity index (χ4v) is 2.43. The lowest BCUT2D eigenvalue weighted by Crippen LogP contribution is -2.53. The van der Waals surface area contributed by atoms with Crippen LogP contribution >= 0.6 is 15.9 Å². The second kappa shape index (κ2) is 6.34. The highest BCUT2D eigenvalue weighted by atomic mass is 79.9. The lowest BCUT2D eigenvalue weighted by molar-refractivity contribution is -0.127. The molecule has 0 saturated heterocycles. The predicted octanol–water partition coefficient (Wildman–Crippen LogP) is 3.01. The summed E-state index contributed by atoms with van der Waals surface area (Å²) in [4.78, 5) is 12.2. The van der Waals surface area contributed by atoms with Crippen molar-refractivity contribution in [3.05, 3.63) is 34.3 Å². The van der Waals surface area contributed by atoms with Crippen molar-refractivity contribution in [2.45, 2.75) is 39.3 Å². The summed E-state index contributed by atoms with van der Waals surface area (Å²) in [6.07, 6.45) is 0. The second-order valence-electron chi connectivity index (χ2n) is 4.87. The zero-order valence-corrected chi connectivity index (χ0v) is 13.0.